The fourth-order valence-corrected chi connectivity index (χ4v) is 2.87. The quantitative estimate of drug-likeness (QED) is 0.533. The topological polar surface area (TPSA) is 43.1 Å². The maximum atomic E-state index is 10.6. The Hall–Kier alpha value is -0.940. The molecule has 0 N–H and O–H groups in total. The highest BCUT2D eigenvalue weighted by molar-refractivity contribution is 7.99. The summed E-state index contributed by atoms with van der Waals surface area (Å²) < 4.78 is 0. The van der Waals surface area contributed by atoms with Crippen LogP contribution in [-0.2, 0) is 0 Å². The average Bonchev–Trinajstić information content (AvgIpc) is 2.36. The second kappa shape index (κ2) is 6.01. The summed E-state index contributed by atoms with van der Waals surface area (Å²) in [5.41, 5.74) is -0.0384. The van der Waals surface area contributed by atoms with Crippen LogP contribution in [0.1, 0.15) is 0 Å². The number of nitro groups is 1. The van der Waals surface area contributed by atoms with E-state index < -0.39 is 4.92 Å². The van der Waals surface area contributed by atoms with Crippen LogP contribution < -0.4 is 0 Å². The summed E-state index contributed by atoms with van der Waals surface area (Å²) in [5.74, 6) is 0. The van der Waals surface area contributed by atoms with Gasteiger partial charge in [0.05, 0.1) is 20.0 Å². The van der Waals surface area contributed by atoms with Gasteiger partial charge in [-0.2, -0.15) is 0 Å². The summed E-state index contributed by atoms with van der Waals surface area (Å²) in [6.45, 7) is 0. The summed E-state index contributed by atoms with van der Waals surface area (Å²) in [7, 11) is 0. The molecule has 0 aliphatic rings. The van der Waals surface area contributed by atoms with Crippen molar-refractivity contribution in [2.75, 3.05) is 0 Å². The largest absolute Gasteiger partial charge is 0.270 e. The molecule has 19 heavy (non-hydrogen) atoms. The van der Waals surface area contributed by atoms with Gasteiger partial charge in [-0.25, -0.2) is 0 Å². The number of halogens is 3. The van der Waals surface area contributed by atoms with Gasteiger partial charge in [0.1, 0.15) is 0 Å². The van der Waals surface area contributed by atoms with Crippen LogP contribution in [0.5, 0.6) is 0 Å². The minimum atomic E-state index is -0.487. The minimum absolute atomic E-state index is 0.0384. The molecule has 0 aromatic heterocycles. The highest BCUT2D eigenvalue weighted by Crippen LogP contribution is 2.37. The zero-order chi connectivity index (χ0) is 14.0. The third-order valence-corrected chi connectivity index (χ3v) is 4.47. The number of hydrogen-bond acceptors (Lipinski definition) is 3. The lowest BCUT2D eigenvalue weighted by Crippen LogP contribution is -1.87. The number of non-ortho nitro benzene ring substituents is 1. The molecule has 0 spiro atoms. The van der Waals surface area contributed by atoms with Crippen molar-refractivity contribution in [1.29, 1.82) is 0 Å². The Labute approximate surface area is 128 Å². The average molecular weight is 335 g/mol. The Morgan fingerprint density at radius 3 is 2.26 bits per heavy atom. The van der Waals surface area contributed by atoms with Crippen LogP contribution >= 0.6 is 46.6 Å². The van der Waals surface area contributed by atoms with Crippen LogP contribution in [0.2, 0.25) is 15.1 Å². The van der Waals surface area contributed by atoms with Gasteiger partial charge in [0.25, 0.3) is 5.69 Å². The summed E-state index contributed by atoms with van der Waals surface area (Å²) >= 11 is 19.1. The molecule has 0 saturated carbocycles. The molecule has 0 aliphatic carbocycles. The molecule has 7 heteroatoms. The summed E-state index contributed by atoms with van der Waals surface area (Å²) in [4.78, 5) is 11.7. The first-order valence-electron chi connectivity index (χ1n) is 5.04. The van der Waals surface area contributed by atoms with E-state index >= 15 is 0 Å². The predicted octanol–water partition coefficient (Wildman–Crippen LogP) is 5.71. The van der Waals surface area contributed by atoms with Gasteiger partial charge in [-0.1, -0.05) is 46.6 Å². The Balaban J connectivity index is 2.28. The van der Waals surface area contributed by atoms with Crippen molar-refractivity contribution >= 4 is 52.3 Å². The molecule has 0 heterocycles. The fourth-order valence-electron chi connectivity index (χ4n) is 1.35. The van der Waals surface area contributed by atoms with Crippen molar-refractivity contribution in [3.63, 3.8) is 0 Å². The maximum absolute atomic E-state index is 10.6. The Bertz CT molecular complexity index is 649. The Morgan fingerprint density at radius 2 is 1.68 bits per heavy atom. The molecule has 98 valence electrons. The van der Waals surface area contributed by atoms with E-state index in [1.165, 1.54) is 23.9 Å². The van der Waals surface area contributed by atoms with Crippen molar-refractivity contribution in [3.8, 4) is 0 Å². The number of nitrogens with zero attached hydrogens (tertiary/aromatic N) is 1. The first-order valence-corrected chi connectivity index (χ1v) is 6.99. The second-order valence-electron chi connectivity index (χ2n) is 3.55. The molecule has 0 unspecified atom stereocenters. The molecule has 0 saturated heterocycles. The SMILES string of the molecule is O=[N+]([O-])c1ccc(Sc2ccc(Cl)c(Cl)c2)c(Cl)c1. The summed E-state index contributed by atoms with van der Waals surface area (Å²) in [6, 6.07) is 9.54. The molecule has 0 aliphatic heterocycles. The summed E-state index contributed by atoms with van der Waals surface area (Å²) in [5, 5.41) is 11.9. The molecule has 2 rings (SSSR count). The van der Waals surface area contributed by atoms with Gasteiger partial charge in [-0.3, -0.25) is 10.1 Å². The first-order chi connectivity index (χ1) is 8.97. The van der Waals surface area contributed by atoms with Crippen molar-refractivity contribution in [3.05, 3.63) is 61.6 Å². The molecule has 2 aromatic carbocycles. The van der Waals surface area contributed by atoms with Gasteiger partial charge in [-0.15, -0.1) is 0 Å². The highest BCUT2D eigenvalue weighted by Gasteiger charge is 2.11. The number of rotatable bonds is 3. The fraction of sp³-hybridized carbons (Fsp3) is 0. The van der Waals surface area contributed by atoms with Gasteiger partial charge in [0.15, 0.2) is 0 Å². The van der Waals surface area contributed by atoms with Gasteiger partial charge in [0.2, 0.25) is 0 Å². The maximum Gasteiger partial charge on any atom is 0.270 e. The number of nitro benzene ring substituents is 1. The zero-order valence-corrected chi connectivity index (χ0v) is 12.4. The number of hydrogen-bond donors (Lipinski definition) is 0. The van der Waals surface area contributed by atoms with E-state index in [0.717, 1.165) is 4.90 Å². The van der Waals surface area contributed by atoms with Crippen molar-refractivity contribution < 1.29 is 4.92 Å². The molecule has 3 nitrogen and oxygen atoms in total. The van der Waals surface area contributed by atoms with E-state index in [1.807, 2.05) is 0 Å². The smallest absolute Gasteiger partial charge is 0.258 e. The van der Waals surface area contributed by atoms with Crippen LogP contribution in [0.25, 0.3) is 0 Å². The molecule has 2 aromatic rings. The van der Waals surface area contributed by atoms with E-state index in [0.29, 0.717) is 20.0 Å². The standard InChI is InChI=1S/C12H6Cl3NO2S/c13-9-3-2-8(6-10(9)14)19-12-4-1-7(16(17)18)5-11(12)15/h1-6H. The summed E-state index contributed by atoms with van der Waals surface area (Å²) in [6.07, 6.45) is 0. The van der Waals surface area contributed by atoms with E-state index in [-0.39, 0.29) is 5.69 Å². The molecule has 0 fully saturated rings. The van der Waals surface area contributed by atoms with Crippen molar-refractivity contribution in [2.24, 2.45) is 0 Å². The Kier molecular flexibility index (Phi) is 4.58. The van der Waals surface area contributed by atoms with Gasteiger partial charge >= 0.3 is 0 Å². The van der Waals surface area contributed by atoms with Gasteiger partial charge in [-0.05, 0) is 24.3 Å². The van der Waals surface area contributed by atoms with E-state index in [4.69, 9.17) is 34.8 Å². The van der Waals surface area contributed by atoms with Crippen molar-refractivity contribution in [1.82, 2.24) is 0 Å². The van der Waals surface area contributed by atoms with E-state index in [9.17, 15) is 10.1 Å². The van der Waals surface area contributed by atoms with E-state index in [1.54, 1.807) is 24.3 Å². The predicted molar refractivity (Wildman–Crippen MR) is 78.7 cm³/mol. The molecule has 0 atom stereocenters. The molecular weight excluding hydrogens is 329 g/mol. The normalized spacial score (nSPS) is 10.5. The van der Waals surface area contributed by atoms with Crippen LogP contribution in [0.15, 0.2) is 46.2 Å². The van der Waals surface area contributed by atoms with E-state index in [2.05, 4.69) is 0 Å². The van der Waals surface area contributed by atoms with Crippen molar-refractivity contribution in [2.45, 2.75) is 9.79 Å². The third kappa shape index (κ3) is 3.54. The third-order valence-electron chi connectivity index (χ3n) is 2.25. The monoisotopic (exact) mass is 333 g/mol. The van der Waals surface area contributed by atoms with Crippen LogP contribution in [0.4, 0.5) is 5.69 Å². The second-order valence-corrected chi connectivity index (χ2v) is 5.89. The Morgan fingerprint density at radius 1 is 0.947 bits per heavy atom. The highest BCUT2D eigenvalue weighted by atomic mass is 35.5. The minimum Gasteiger partial charge on any atom is -0.258 e. The van der Waals surface area contributed by atoms with Crippen LogP contribution in [-0.4, -0.2) is 4.92 Å². The molecular formula is C12H6Cl3NO2S. The molecule has 0 radical (unpaired) electrons. The first kappa shape index (κ1) is 14.5. The lowest BCUT2D eigenvalue weighted by Gasteiger charge is -2.05. The molecule has 0 amide bonds. The molecule has 0 bridgehead atoms. The van der Waals surface area contributed by atoms with Crippen LogP contribution in [0, 0.1) is 10.1 Å². The van der Waals surface area contributed by atoms with Gasteiger partial charge in [0, 0.05) is 21.9 Å². The lowest BCUT2D eigenvalue weighted by molar-refractivity contribution is -0.384. The zero-order valence-electron chi connectivity index (χ0n) is 9.27. The lowest BCUT2D eigenvalue weighted by atomic mass is 10.3. The van der Waals surface area contributed by atoms with Crippen LogP contribution in [0.3, 0.4) is 0 Å². The van der Waals surface area contributed by atoms with Gasteiger partial charge < -0.3 is 0 Å². The number of benzene rings is 2.